The summed E-state index contributed by atoms with van der Waals surface area (Å²) in [6.07, 6.45) is -4.30. The minimum atomic E-state index is -4.36. The Morgan fingerprint density at radius 1 is 1.40 bits per heavy atom. The van der Waals surface area contributed by atoms with E-state index in [-0.39, 0.29) is 24.0 Å². The molecule has 8 heteroatoms. The molecule has 2 aliphatic rings. The summed E-state index contributed by atoms with van der Waals surface area (Å²) in [4.78, 5) is 14.4. The minimum Gasteiger partial charge on any atom is -0.374 e. The monoisotopic (exact) mass is 357 g/mol. The molecule has 0 spiro atoms. The molecule has 2 saturated heterocycles. The van der Waals surface area contributed by atoms with Crippen molar-refractivity contribution in [3.05, 3.63) is 35.4 Å². The fourth-order valence-corrected chi connectivity index (χ4v) is 3.32. The van der Waals surface area contributed by atoms with Crippen LogP contribution in [-0.2, 0) is 22.1 Å². The van der Waals surface area contributed by atoms with Gasteiger partial charge in [-0.1, -0.05) is 18.2 Å². The maximum atomic E-state index is 12.8. The van der Waals surface area contributed by atoms with Crippen molar-refractivity contribution in [2.45, 2.75) is 31.7 Å². The van der Waals surface area contributed by atoms with Crippen LogP contribution >= 0.6 is 0 Å². The summed E-state index contributed by atoms with van der Waals surface area (Å²) < 4.78 is 44.2. The van der Waals surface area contributed by atoms with Crippen LogP contribution in [0.5, 0.6) is 0 Å². The number of alkyl halides is 3. The number of hydrogen-bond acceptors (Lipinski definition) is 4. The molecule has 0 bridgehead atoms. The predicted octanol–water partition coefficient (Wildman–Crippen LogP) is 1.59. The molecule has 25 heavy (non-hydrogen) atoms. The van der Waals surface area contributed by atoms with Gasteiger partial charge in [0, 0.05) is 32.1 Å². The number of rotatable bonds is 3. The Balaban J connectivity index is 1.63. The second-order valence-electron chi connectivity index (χ2n) is 6.60. The minimum absolute atomic E-state index is 0.0530. The van der Waals surface area contributed by atoms with Crippen molar-refractivity contribution in [1.82, 2.24) is 15.8 Å². The van der Waals surface area contributed by atoms with E-state index in [0.29, 0.717) is 38.2 Å². The first-order valence-corrected chi connectivity index (χ1v) is 8.39. The molecule has 5 nitrogen and oxygen atoms in total. The number of halogens is 3. The molecule has 0 aromatic heterocycles. The van der Waals surface area contributed by atoms with Crippen LogP contribution < -0.4 is 10.9 Å². The highest BCUT2D eigenvalue weighted by Crippen LogP contribution is 2.30. The highest BCUT2D eigenvalue weighted by atomic mass is 19.4. The maximum absolute atomic E-state index is 12.8. The largest absolute Gasteiger partial charge is 0.416 e. The lowest BCUT2D eigenvalue weighted by Crippen LogP contribution is -2.50. The highest BCUT2D eigenvalue weighted by Gasteiger charge is 2.35. The van der Waals surface area contributed by atoms with E-state index < -0.39 is 11.7 Å². The van der Waals surface area contributed by atoms with Crippen LogP contribution in [0.15, 0.2) is 24.3 Å². The number of hydrazine groups is 1. The van der Waals surface area contributed by atoms with Gasteiger partial charge in [-0.05, 0) is 18.6 Å². The third-order valence-corrected chi connectivity index (χ3v) is 4.74. The Labute approximate surface area is 144 Å². The molecular weight excluding hydrogens is 335 g/mol. The molecule has 2 heterocycles. The van der Waals surface area contributed by atoms with E-state index in [1.54, 1.807) is 11.0 Å². The normalized spacial score (nSPS) is 27.5. The standard InChI is InChI=1S/C17H22F3N3O2/c1-11-15(9-21-22-11)16(24)23-5-6-25-14(10-23)8-12-3-2-4-13(7-12)17(18,19)20/h2-4,7,11,14-15,21-22H,5-6,8-10H2,1H3. The number of carbonyl (C=O) groups excluding carboxylic acids is 1. The summed E-state index contributed by atoms with van der Waals surface area (Å²) >= 11 is 0. The lowest BCUT2D eigenvalue weighted by atomic mass is 10.00. The van der Waals surface area contributed by atoms with Crippen molar-refractivity contribution in [2.24, 2.45) is 5.92 Å². The number of morpholine rings is 1. The lowest BCUT2D eigenvalue weighted by Gasteiger charge is -2.35. The van der Waals surface area contributed by atoms with Crippen LogP contribution in [0.25, 0.3) is 0 Å². The number of benzene rings is 1. The quantitative estimate of drug-likeness (QED) is 0.863. The van der Waals surface area contributed by atoms with Crippen LogP contribution in [0.3, 0.4) is 0 Å². The number of nitrogens with one attached hydrogen (secondary N) is 2. The first-order valence-electron chi connectivity index (χ1n) is 8.39. The molecule has 0 radical (unpaired) electrons. The zero-order chi connectivity index (χ0) is 18.0. The van der Waals surface area contributed by atoms with E-state index in [1.807, 2.05) is 6.92 Å². The van der Waals surface area contributed by atoms with Crippen LogP contribution in [0.2, 0.25) is 0 Å². The van der Waals surface area contributed by atoms with Crippen molar-refractivity contribution in [1.29, 1.82) is 0 Å². The SMILES string of the molecule is CC1NNCC1C(=O)N1CCOC(Cc2cccc(C(F)(F)F)c2)C1. The topological polar surface area (TPSA) is 53.6 Å². The van der Waals surface area contributed by atoms with Gasteiger partial charge >= 0.3 is 6.18 Å². The number of nitrogens with zero attached hydrogens (tertiary/aromatic N) is 1. The van der Waals surface area contributed by atoms with E-state index in [1.165, 1.54) is 6.07 Å². The van der Waals surface area contributed by atoms with Gasteiger partial charge in [-0.3, -0.25) is 15.6 Å². The number of ether oxygens (including phenoxy) is 1. The molecule has 3 unspecified atom stereocenters. The van der Waals surface area contributed by atoms with Crippen molar-refractivity contribution < 1.29 is 22.7 Å². The molecular formula is C17H22F3N3O2. The van der Waals surface area contributed by atoms with Gasteiger partial charge in [-0.15, -0.1) is 0 Å². The van der Waals surface area contributed by atoms with Gasteiger partial charge in [0.1, 0.15) is 0 Å². The van der Waals surface area contributed by atoms with Crippen molar-refractivity contribution in [2.75, 3.05) is 26.2 Å². The lowest BCUT2D eigenvalue weighted by molar-refractivity contribution is -0.142. The van der Waals surface area contributed by atoms with Gasteiger partial charge < -0.3 is 9.64 Å². The zero-order valence-electron chi connectivity index (χ0n) is 14.0. The van der Waals surface area contributed by atoms with Crippen molar-refractivity contribution >= 4 is 5.91 Å². The second kappa shape index (κ2) is 7.31. The average molecular weight is 357 g/mol. The number of carbonyl (C=O) groups is 1. The summed E-state index contributed by atoms with van der Waals surface area (Å²) in [6, 6.07) is 5.32. The predicted molar refractivity (Wildman–Crippen MR) is 85.6 cm³/mol. The van der Waals surface area contributed by atoms with Gasteiger partial charge in [0.05, 0.1) is 24.2 Å². The molecule has 3 rings (SSSR count). The van der Waals surface area contributed by atoms with E-state index in [2.05, 4.69) is 10.9 Å². The van der Waals surface area contributed by atoms with Crippen LogP contribution in [0.1, 0.15) is 18.1 Å². The maximum Gasteiger partial charge on any atom is 0.416 e. The third-order valence-electron chi connectivity index (χ3n) is 4.74. The van der Waals surface area contributed by atoms with Gasteiger partial charge in [-0.25, -0.2) is 0 Å². The summed E-state index contributed by atoms with van der Waals surface area (Å²) in [7, 11) is 0. The van der Waals surface area contributed by atoms with Gasteiger partial charge in [0.25, 0.3) is 0 Å². The first-order chi connectivity index (χ1) is 11.8. The molecule has 2 fully saturated rings. The van der Waals surface area contributed by atoms with Gasteiger partial charge in [0.15, 0.2) is 0 Å². The second-order valence-corrected chi connectivity index (χ2v) is 6.60. The van der Waals surface area contributed by atoms with Gasteiger partial charge in [-0.2, -0.15) is 13.2 Å². The number of hydrogen-bond donors (Lipinski definition) is 2. The summed E-state index contributed by atoms with van der Waals surface area (Å²) in [5.41, 5.74) is 5.90. The first kappa shape index (κ1) is 18.2. The molecule has 2 aliphatic heterocycles. The van der Waals surface area contributed by atoms with Crippen molar-refractivity contribution in [3.8, 4) is 0 Å². The molecule has 1 amide bonds. The molecule has 1 aromatic carbocycles. The Morgan fingerprint density at radius 2 is 2.20 bits per heavy atom. The van der Waals surface area contributed by atoms with E-state index in [4.69, 9.17) is 4.74 Å². The molecule has 2 N–H and O–H groups in total. The fraction of sp³-hybridized carbons (Fsp3) is 0.588. The van der Waals surface area contributed by atoms with Crippen molar-refractivity contribution in [3.63, 3.8) is 0 Å². The molecule has 0 aliphatic carbocycles. The van der Waals surface area contributed by atoms with Crippen LogP contribution in [0.4, 0.5) is 13.2 Å². The smallest absolute Gasteiger partial charge is 0.374 e. The Morgan fingerprint density at radius 3 is 2.88 bits per heavy atom. The Hall–Kier alpha value is -1.64. The molecule has 0 saturated carbocycles. The Bertz CT molecular complexity index is 623. The summed E-state index contributed by atoms with van der Waals surface area (Å²) in [5.74, 6) is -0.0744. The number of amides is 1. The third kappa shape index (κ3) is 4.31. The van der Waals surface area contributed by atoms with E-state index >= 15 is 0 Å². The molecule has 3 atom stereocenters. The fourth-order valence-electron chi connectivity index (χ4n) is 3.32. The summed E-state index contributed by atoms with van der Waals surface area (Å²) in [6.45, 7) is 3.84. The highest BCUT2D eigenvalue weighted by molar-refractivity contribution is 5.80. The average Bonchev–Trinajstić information content (AvgIpc) is 3.00. The Kier molecular flexibility index (Phi) is 5.31. The van der Waals surface area contributed by atoms with E-state index in [0.717, 1.165) is 12.1 Å². The van der Waals surface area contributed by atoms with E-state index in [9.17, 15) is 18.0 Å². The summed E-state index contributed by atoms with van der Waals surface area (Å²) in [5, 5.41) is 0. The van der Waals surface area contributed by atoms with Crippen LogP contribution in [-0.4, -0.2) is 49.2 Å². The molecule has 1 aromatic rings. The zero-order valence-corrected chi connectivity index (χ0v) is 14.0. The van der Waals surface area contributed by atoms with Crippen LogP contribution in [0, 0.1) is 5.92 Å². The molecule has 138 valence electrons. The van der Waals surface area contributed by atoms with Gasteiger partial charge in [0.2, 0.25) is 5.91 Å².